The molecule has 116 valence electrons. The predicted octanol–water partition coefficient (Wildman–Crippen LogP) is 2.69. The molecule has 1 atom stereocenters. The highest BCUT2D eigenvalue weighted by atomic mass is 32.1. The van der Waals surface area contributed by atoms with Gasteiger partial charge in [-0.25, -0.2) is 4.98 Å². The van der Waals surface area contributed by atoms with E-state index in [1.807, 2.05) is 22.4 Å². The Morgan fingerprint density at radius 3 is 3.05 bits per heavy atom. The number of amides is 1. The molecule has 1 saturated heterocycles. The summed E-state index contributed by atoms with van der Waals surface area (Å²) in [6, 6.07) is 4.03. The fraction of sp³-hybridized carbons (Fsp3) is 0.562. The Hall–Kier alpha value is -1.69. The lowest BCUT2D eigenvalue weighted by Gasteiger charge is -2.31. The molecule has 0 unspecified atom stereocenters. The van der Waals surface area contributed by atoms with Crippen LogP contribution >= 0.6 is 11.3 Å². The molecule has 2 aromatic heterocycles. The molecule has 0 aromatic carbocycles. The third kappa shape index (κ3) is 2.92. The second-order valence-corrected chi connectivity index (χ2v) is 7.32. The number of piperidine rings is 1. The Morgan fingerprint density at radius 1 is 1.36 bits per heavy atom. The molecule has 5 nitrogen and oxygen atoms in total. The van der Waals surface area contributed by atoms with E-state index in [0.29, 0.717) is 12.3 Å². The molecule has 1 aliphatic heterocycles. The number of hydrogen-bond donors (Lipinski definition) is 1. The molecule has 2 fully saturated rings. The highest BCUT2D eigenvalue weighted by Gasteiger charge is 2.31. The van der Waals surface area contributed by atoms with Crippen molar-refractivity contribution in [3.05, 3.63) is 34.0 Å². The standard InChI is InChI=1S/C16H20N4OS/c21-14(9-13-4-2-8-22-13)20-7-1-3-12(10-20)16-17-15(18-19-16)11-5-6-11/h2,4,8,11-12H,1,3,5-7,9-10H2,(H,17,18,19)/t12-/m0/s1. The van der Waals surface area contributed by atoms with Crippen molar-refractivity contribution in [2.45, 2.75) is 43.9 Å². The van der Waals surface area contributed by atoms with Crippen LogP contribution in [0.3, 0.4) is 0 Å². The van der Waals surface area contributed by atoms with E-state index >= 15 is 0 Å². The van der Waals surface area contributed by atoms with Crippen LogP contribution in [0.5, 0.6) is 0 Å². The van der Waals surface area contributed by atoms with Gasteiger partial charge in [0.05, 0.1) is 6.42 Å². The maximum Gasteiger partial charge on any atom is 0.227 e. The Balaban J connectivity index is 1.41. The van der Waals surface area contributed by atoms with E-state index in [1.54, 1.807) is 11.3 Å². The highest BCUT2D eigenvalue weighted by molar-refractivity contribution is 7.10. The van der Waals surface area contributed by atoms with Gasteiger partial charge in [0.15, 0.2) is 5.82 Å². The molecule has 0 bridgehead atoms. The molecule has 6 heteroatoms. The summed E-state index contributed by atoms with van der Waals surface area (Å²) in [6.45, 7) is 1.62. The van der Waals surface area contributed by atoms with E-state index in [-0.39, 0.29) is 11.8 Å². The number of carbonyl (C=O) groups is 1. The SMILES string of the molecule is O=C(Cc1cccs1)N1CCC[C@H](c2n[nH]c(C3CC3)n2)C1. The zero-order valence-electron chi connectivity index (χ0n) is 12.5. The van der Waals surface area contributed by atoms with Crippen molar-refractivity contribution in [3.8, 4) is 0 Å². The van der Waals surface area contributed by atoms with Crippen LogP contribution in [0.15, 0.2) is 17.5 Å². The number of H-pyrrole nitrogens is 1. The summed E-state index contributed by atoms with van der Waals surface area (Å²) in [6.07, 6.45) is 5.08. The van der Waals surface area contributed by atoms with Gasteiger partial charge in [-0.15, -0.1) is 11.3 Å². The summed E-state index contributed by atoms with van der Waals surface area (Å²) in [5.74, 6) is 3.05. The maximum absolute atomic E-state index is 12.4. The van der Waals surface area contributed by atoms with Crippen LogP contribution in [0, 0.1) is 0 Å². The number of carbonyl (C=O) groups excluding carboxylic acids is 1. The Morgan fingerprint density at radius 2 is 2.27 bits per heavy atom. The van der Waals surface area contributed by atoms with Crippen LogP contribution < -0.4 is 0 Å². The van der Waals surface area contributed by atoms with E-state index in [9.17, 15) is 4.79 Å². The minimum Gasteiger partial charge on any atom is -0.342 e. The van der Waals surface area contributed by atoms with Crippen molar-refractivity contribution >= 4 is 17.2 Å². The quantitative estimate of drug-likeness (QED) is 0.943. The van der Waals surface area contributed by atoms with Gasteiger partial charge < -0.3 is 4.90 Å². The smallest absolute Gasteiger partial charge is 0.227 e. The van der Waals surface area contributed by atoms with Crippen LogP contribution in [0.25, 0.3) is 0 Å². The van der Waals surface area contributed by atoms with Gasteiger partial charge in [-0.05, 0) is 37.1 Å². The molecule has 0 radical (unpaired) electrons. The molecule has 2 aromatic rings. The summed E-state index contributed by atoms with van der Waals surface area (Å²) in [5.41, 5.74) is 0. The number of aromatic amines is 1. The molecule has 1 aliphatic carbocycles. The minimum atomic E-state index is 0.227. The van der Waals surface area contributed by atoms with Crippen molar-refractivity contribution in [2.75, 3.05) is 13.1 Å². The Labute approximate surface area is 133 Å². The normalized spacial score (nSPS) is 22.0. The number of nitrogens with zero attached hydrogens (tertiary/aromatic N) is 3. The lowest BCUT2D eigenvalue weighted by molar-refractivity contribution is -0.131. The summed E-state index contributed by atoms with van der Waals surface area (Å²) in [7, 11) is 0. The second kappa shape index (κ2) is 5.83. The first-order chi connectivity index (χ1) is 10.8. The predicted molar refractivity (Wildman–Crippen MR) is 84.9 cm³/mol. The summed E-state index contributed by atoms with van der Waals surface area (Å²) >= 11 is 1.65. The van der Waals surface area contributed by atoms with Crippen molar-refractivity contribution < 1.29 is 4.79 Å². The fourth-order valence-electron chi connectivity index (χ4n) is 3.10. The monoisotopic (exact) mass is 316 g/mol. The molecule has 4 rings (SSSR count). The molecule has 1 N–H and O–H groups in total. The largest absolute Gasteiger partial charge is 0.342 e. The fourth-order valence-corrected chi connectivity index (χ4v) is 3.79. The first-order valence-electron chi connectivity index (χ1n) is 8.02. The van der Waals surface area contributed by atoms with Crippen molar-refractivity contribution in [3.63, 3.8) is 0 Å². The number of hydrogen-bond acceptors (Lipinski definition) is 4. The van der Waals surface area contributed by atoms with Gasteiger partial charge >= 0.3 is 0 Å². The average Bonchev–Trinajstić information content (AvgIpc) is 3.06. The van der Waals surface area contributed by atoms with Gasteiger partial charge in [0, 0.05) is 29.8 Å². The zero-order chi connectivity index (χ0) is 14.9. The van der Waals surface area contributed by atoms with E-state index in [0.717, 1.165) is 42.5 Å². The minimum absolute atomic E-state index is 0.227. The number of likely N-dealkylation sites (tertiary alicyclic amines) is 1. The number of nitrogens with one attached hydrogen (secondary N) is 1. The number of aromatic nitrogens is 3. The molecule has 1 saturated carbocycles. The number of thiophene rings is 1. The van der Waals surface area contributed by atoms with Crippen LogP contribution in [-0.4, -0.2) is 39.1 Å². The van der Waals surface area contributed by atoms with Gasteiger partial charge in [0.2, 0.25) is 5.91 Å². The molecule has 0 spiro atoms. The Kier molecular flexibility index (Phi) is 3.70. The van der Waals surface area contributed by atoms with Gasteiger partial charge in [-0.2, -0.15) is 5.10 Å². The second-order valence-electron chi connectivity index (χ2n) is 6.29. The van der Waals surface area contributed by atoms with E-state index in [2.05, 4.69) is 15.2 Å². The van der Waals surface area contributed by atoms with Crippen LogP contribution in [-0.2, 0) is 11.2 Å². The van der Waals surface area contributed by atoms with Crippen molar-refractivity contribution in [2.24, 2.45) is 0 Å². The third-order valence-electron chi connectivity index (χ3n) is 4.53. The van der Waals surface area contributed by atoms with E-state index in [4.69, 9.17) is 0 Å². The van der Waals surface area contributed by atoms with Gasteiger partial charge in [0.1, 0.15) is 5.82 Å². The van der Waals surface area contributed by atoms with E-state index < -0.39 is 0 Å². The van der Waals surface area contributed by atoms with E-state index in [1.165, 1.54) is 12.8 Å². The van der Waals surface area contributed by atoms with Crippen molar-refractivity contribution in [1.82, 2.24) is 20.1 Å². The van der Waals surface area contributed by atoms with Gasteiger partial charge in [-0.1, -0.05) is 6.07 Å². The van der Waals surface area contributed by atoms with Crippen LogP contribution in [0.1, 0.15) is 54.0 Å². The Bertz CT molecular complexity index is 647. The summed E-state index contributed by atoms with van der Waals surface area (Å²) < 4.78 is 0. The zero-order valence-corrected chi connectivity index (χ0v) is 13.3. The molecule has 1 amide bonds. The molecule has 3 heterocycles. The lowest BCUT2D eigenvalue weighted by atomic mass is 9.97. The van der Waals surface area contributed by atoms with Gasteiger partial charge in [-0.3, -0.25) is 9.89 Å². The topological polar surface area (TPSA) is 61.9 Å². The molecule has 22 heavy (non-hydrogen) atoms. The first-order valence-corrected chi connectivity index (χ1v) is 8.90. The summed E-state index contributed by atoms with van der Waals surface area (Å²) in [4.78, 5) is 20.2. The van der Waals surface area contributed by atoms with Gasteiger partial charge in [0.25, 0.3) is 0 Å². The third-order valence-corrected chi connectivity index (χ3v) is 5.41. The van der Waals surface area contributed by atoms with Crippen LogP contribution in [0.2, 0.25) is 0 Å². The maximum atomic E-state index is 12.4. The highest BCUT2D eigenvalue weighted by Crippen LogP contribution is 2.38. The van der Waals surface area contributed by atoms with Crippen LogP contribution in [0.4, 0.5) is 0 Å². The molecular weight excluding hydrogens is 296 g/mol. The molecular formula is C16H20N4OS. The summed E-state index contributed by atoms with van der Waals surface area (Å²) in [5, 5.41) is 9.50. The lowest BCUT2D eigenvalue weighted by Crippen LogP contribution is -2.40. The average molecular weight is 316 g/mol. The van der Waals surface area contributed by atoms with Crippen molar-refractivity contribution in [1.29, 1.82) is 0 Å². The first kappa shape index (κ1) is 13.9. The molecule has 2 aliphatic rings. The number of rotatable bonds is 4.